The molecule has 0 radical (unpaired) electrons. The SMILES string of the molecule is CCCN(CC[C@H]1CC[C@H](NC(=O)c2ccc(-c3noc(CC)n3)cc2)CC1)[C@H]1CCc2nc(N)sc2C1. The van der Waals surface area contributed by atoms with Crippen LogP contribution in [0.2, 0.25) is 0 Å². The minimum absolute atomic E-state index is 0.00292. The summed E-state index contributed by atoms with van der Waals surface area (Å²) in [7, 11) is 0. The van der Waals surface area contributed by atoms with Crippen LogP contribution in [0.4, 0.5) is 5.13 Å². The number of aryl methyl sites for hydroxylation is 2. The zero-order chi connectivity index (χ0) is 26.5. The molecular formula is C29H40N6O2S. The molecule has 8 nitrogen and oxygen atoms in total. The largest absolute Gasteiger partial charge is 0.375 e. The lowest BCUT2D eigenvalue weighted by atomic mass is 9.83. The van der Waals surface area contributed by atoms with Gasteiger partial charge in [-0.1, -0.05) is 31.1 Å². The maximum Gasteiger partial charge on any atom is 0.251 e. The third kappa shape index (κ3) is 6.43. The Morgan fingerprint density at radius 2 is 1.89 bits per heavy atom. The number of anilines is 1. The molecule has 3 aromatic rings. The summed E-state index contributed by atoms with van der Waals surface area (Å²) in [4.78, 5) is 25.9. The molecule has 1 atom stereocenters. The molecule has 0 unspecified atom stereocenters. The van der Waals surface area contributed by atoms with Crippen LogP contribution in [0.5, 0.6) is 0 Å². The van der Waals surface area contributed by atoms with E-state index in [9.17, 15) is 4.79 Å². The van der Waals surface area contributed by atoms with Gasteiger partial charge in [0.05, 0.1) is 5.69 Å². The van der Waals surface area contributed by atoms with E-state index in [1.807, 2.05) is 31.2 Å². The molecule has 2 aromatic heterocycles. The van der Waals surface area contributed by atoms with Gasteiger partial charge in [-0.15, -0.1) is 11.3 Å². The minimum atomic E-state index is -0.00292. The van der Waals surface area contributed by atoms with Gasteiger partial charge in [-0.25, -0.2) is 4.98 Å². The first kappa shape index (κ1) is 26.8. The van der Waals surface area contributed by atoms with Crippen molar-refractivity contribution in [1.82, 2.24) is 25.3 Å². The number of carbonyl (C=O) groups excluding carboxylic acids is 1. The summed E-state index contributed by atoms with van der Waals surface area (Å²) in [5.41, 5.74) is 8.72. The van der Waals surface area contributed by atoms with Crippen LogP contribution in [-0.2, 0) is 19.3 Å². The van der Waals surface area contributed by atoms with E-state index < -0.39 is 0 Å². The van der Waals surface area contributed by atoms with Gasteiger partial charge in [-0.2, -0.15) is 4.98 Å². The van der Waals surface area contributed by atoms with Crippen LogP contribution in [0, 0.1) is 5.92 Å². The Morgan fingerprint density at radius 3 is 2.61 bits per heavy atom. The molecule has 1 fully saturated rings. The second-order valence-electron chi connectivity index (χ2n) is 10.8. The predicted octanol–water partition coefficient (Wildman–Crippen LogP) is 5.29. The average Bonchev–Trinajstić information content (AvgIpc) is 3.57. The van der Waals surface area contributed by atoms with Gasteiger partial charge in [0.25, 0.3) is 5.91 Å². The van der Waals surface area contributed by atoms with Crippen LogP contribution in [-0.4, -0.2) is 51.1 Å². The number of aromatic nitrogens is 3. The topological polar surface area (TPSA) is 110 Å². The van der Waals surface area contributed by atoms with Gasteiger partial charge in [0.15, 0.2) is 5.13 Å². The highest BCUT2D eigenvalue weighted by Gasteiger charge is 2.28. The summed E-state index contributed by atoms with van der Waals surface area (Å²) in [5.74, 6) is 1.91. The lowest BCUT2D eigenvalue weighted by molar-refractivity contribution is 0.0918. The average molecular weight is 537 g/mol. The second-order valence-corrected chi connectivity index (χ2v) is 11.9. The van der Waals surface area contributed by atoms with E-state index in [2.05, 4.69) is 32.3 Å². The number of thiazole rings is 1. The van der Waals surface area contributed by atoms with E-state index in [0.717, 1.165) is 50.3 Å². The number of nitrogens with two attached hydrogens (primary N) is 1. The van der Waals surface area contributed by atoms with Crippen molar-refractivity contribution >= 4 is 22.4 Å². The summed E-state index contributed by atoms with van der Waals surface area (Å²) in [6.07, 6.45) is 10.9. The van der Waals surface area contributed by atoms with E-state index >= 15 is 0 Å². The summed E-state index contributed by atoms with van der Waals surface area (Å²) < 4.78 is 5.19. The van der Waals surface area contributed by atoms with Gasteiger partial charge < -0.3 is 20.5 Å². The summed E-state index contributed by atoms with van der Waals surface area (Å²) >= 11 is 1.68. The number of hydrogen-bond donors (Lipinski definition) is 2. The molecule has 2 heterocycles. The van der Waals surface area contributed by atoms with E-state index in [4.69, 9.17) is 10.3 Å². The Labute approximate surface area is 229 Å². The Hall–Kier alpha value is -2.78. The molecule has 1 saturated carbocycles. The van der Waals surface area contributed by atoms with E-state index in [1.165, 1.54) is 42.7 Å². The fourth-order valence-electron chi connectivity index (χ4n) is 5.95. The molecule has 0 aliphatic heterocycles. The van der Waals surface area contributed by atoms with E-state index in [-0.39, 0.29) is 11.9 Å². The molecule has 2 aliphatic rings. The fraction of sp³-hybridized carbons (Fsp3) is 0.586. The van der Waals surface area contributed by atoms with Crippen molar-refractivity contribution in [3.63, 3.8) is 0 Å². The van der Waals surface area contributed by atoms with Crippen molar-refractivity contribution in [3.8, 4) is 11.4 Å². The zero-order valence-corrected chi connectivity index (χ0v) is 23.4. The number of fused-ring (bicyclic) bond motifs is 1. The molecule has 0 saturated heterocycles. The molecule has 1 aromatic carbocycles. The van der Waals surface area contributed by atoms with E-state index in [0.29, 0.717) is 34.9 Å². The number of nitrogens with zero attached hydrogens (tertiary/aromatic N) is 4. The molecule has 2 aliphatic carbocycles. The lowest BCUT2D eigenvalue weighted by Crippen LogP contribution is -2.41. The number of amides is 1. The van der Waals surface area contributed by atoms with Crippen molar-refractivity contribution in [2.24, 2.45) is 5.92 Å². The van der Waals surface area contributed by atoms with Crippen molar-refractivity contribution in [1.29, 1.82) is 0 Å². The highest BCUT2D eigenvalue weighted by molar-refractivity contribution is 7.15. The molecule has 38 heavy (non-hydrogen) atoms. The molecule has 9 heteroatoms. The standard InChI is InChI=1S/C29H40N6O2S/c1-3-16-35(23-13-14-24-25(18-23)38-29(30)32-24)17-15-19-5-11-22(12-6-19)31-28(36)21-9-7-20(8-10-21)27-33-26(4-2)37-34-27/h7-10,19,22-23H,3-6,11-18H2,1-2H3,(H2,30,32)(H,31,36)/t19-,22-,23-/m0/s1. The summed E-state index contributed by atoms with van der Waals surface area (Å²) in [5, 5.41) is 7.99. The highest BCUT2D eigenvalue weighted by Crippen LogP contribution is 2.32. The summed E-state index contributed by atoms with van der Waals surface area (Å²) in [6.45, 7) is 6.58. The first-order valence-electron chi connectivity index (χ1n) is 14.2. The molecule has 204 valence electrons. The monoisotopic (exact) mass is 536 g/mol. The lowest BCUT2D eigenvalue weighted by Gasteiger charge is -2.36. The first-order valence-corrected chi connectivity index (χ1v) is 15.1. The third-order valence-electron chi connectivity index (χ3n) is 8.14. The van der Waals surface area contributed by atoms with Crippen LogP contribution in [0.1, 0.15) is 85.6 Å². The number of nitrogen functional groups attached to an aromatic ring is 1. The molecule has 0 spiro atoms. The fourth-order valence-corrected chi connectivity index (χ4v) is 6.90. The Balaban J connectivity index is 1.07. The van der Waals surface area contributed by atoms with Gasteiger partial charge in [-0.3, -0.25) is 4.79 Å². The zero-order valence-electron chi connectivity index (χ0n) is 22.6. The normalized spacial score (nSPS) is 21.4. The maximum absolute atomic E-state index is 12.9. The van der Waals surface area contributed by atoms with Crippen LogP contribution in [0.25, 0.3) is 11.4 Å². The van der Waals surface area contributed by atoms with Crippen molar-refractivity contribution < 1.29 is 9.32 Å². The van der Waals surface area contributed by atoms with Gasteiger partial charge in [0.2, 0.25) is 11.7 Å². The van der Waals surface area contributed by atoms with Gasteiger partial charge in [-0.05, 0) is 88.9 Å². The predicted molar refractivity (Wildman–Crippen MR) is 151 cm³/mol. The van der Waals surface area contributed by atoms with Crippen molar-refractivity contribution in [3.05, 3.63) is 46.3 Å². The Kier molecular flexibility index (Phi) is 8.74. The maximum atomic E-state index is 12.9. The molecular weight excluding hydrogens is 496 g/mol. The molecule has 3 N–H and O–H groups in total. The quantitative estimate of drug-likeness (QED) is 0.362. The molecule has 1 amide bonds. The molecule has 0 bridgehead atoms. The minimum Gasteiger partial charge on any atom is -0.375 e. The third-order valence-corrected chi connectivity index (χ3v) is 9.09. The van der Waals surface area contributed by atoms with Crippen LogP contribution < -0.4 is 11.1 Å². The van der Waals surface area contributed by atoms with Crippen LogP contribution in [0.15, 0.2) is 28.8 Å². The number of nitrogens with one attached hydrogen (secondary N) is 1. The smallest absolute Gasteiger partial charge is 0.251 e. The Bertz CT molecular complexity index is 1200. The highest BCUT2D eigenvalue weighted by atomic mass is 32.1. The van der Waals surface area contributed by atoms with Crippen molar-refractivity contribution in [2.45, 2.75) is 90.1 Å². The van der Waals surface area contributed by atoms with E-state index in [1.54, 1.807) is 11.3 Å². The number of hydrogen-bond acceptors (Lipinski definition) is 8. The van der Waals surface area contributed by atoms with Crippen LogP contribution >= 0.6 is 11.3 Å². The van der Waals surface area contributed by atoms with Crippen LogP contribution in [0.3, 0.4) is 0 Å². The van der Waals surface area contributed by atoms with Crippen molar-refractivity contribution in [2.75, 3.05) is 18.8 Å². The van der Waals surface area contributed by atoms with Gasteiger partial charge >= 0.3 is 0 Å². The second kappa shape index (κ2) is 12.4. The van der Waals surface area contributed by atoms with Gasteiger partial charge in [0.1, 0.15) is 0 Å². The number of rotatable bonds is 10. The first-order chi connectivity index (χ1) is 18.5. The number of carbonyl (C=O) groups is 1. The summed E-state index contributed by atoms with van der Waals surface area (Å²) in [6, 6.07) is 8.32. The number of benzene rings is 1. The Morgan fingerprint density at radius 1 is 1.11 bits per heavy atom. The van der Waals surface area contributed by atoms with Gasteiger partial charge in [0, 0.05) is 34.5 Å². The molecule has 5 rings (SSSR count).